The van der Waals surface area contributed by atoms with Crippen molar-refractivity contribution in [2.45, 2.75) is 6.10 Å². The molecule has 8 heteroatoms. The van der Waals surface area contributed by atoms with Crippen molar-refractivity contribution in [3.8, 4) is 5.88 Å². The van der Waals surface area contributed by atoms with Gasteiger partial charge in [0.05, 0.1) is 4.92 Å². The van der Waals surface area contributed by atoms with E-state index in [0.29, 0.717) is 20.6 Å². The average molecular weight is 410 g/mol. The fourth-order valence-corrected chi connectivity index (χ4v) is 2.97. The maximum absolute atomic E-state index is 10.8. The van der Waals surface area contributed by atoms with Crippen LogP contribution in [0.5, 0.6) is 5.88 Å². The summed E-state index contributed by atoms with van der Waals surface area (Å²) < 4.78 is 5.98. The summed E-state index contributed by atoms with van der Waals surface area (Å²) in [4.78, 5) is 14.2. The van der Waals surface area contributed by atoms with Gasteiger partial charge in [0.15, 0.2) is 6.10 Å². The van der Waals surface area contributed by atoms with E-state index >= 15 is 0 Å². The smallest absolute Gasteiger partial charge is 0.287 e. The van der Waals surface area contributed by atoms with E-state index in [4.69, 9.17) is 39.5 Å². The lowest BCUT2D eigenvalue weighted by atomic mass is 10.0. The molecule has 26 heavy (non-hydrogen) atoms. The molecule has 0 saturated heterocycles. The molecule has 0 saturated carbocycles. The Bertz CT molecular complexity index is 931. The summed E-state index contributed by atoms with van der Waals surface area (Å²) in [5.41, 5.74) is 1.35. The average Bonchev–Trinajstić information content (AvgIpc) is 2.61. The Hall–Kier alpha value is -2.34. The minimum atomic E-state index is -0.592. The van der Waals surface area contributed by atoms with E-state index in [0.717, 1.165) is 11.8 Å². The lowest BCUT2D eigenvalue weighted by molar-refractivity contribution is -0.385. The molecule has 0 spiro atoms. The maximum Gasteiger partial charge on any atom is 0.287 e. The van der Waals surface area contributed by atoms with Gasteiger partial charge in [-0.15, -0.1) is 0 Å². The minimum Gasteiger partial charge on any atom is -0.464 e. The highest BCUT2D eigenvalue weighted by molar-refractivity contribution is 6.35. The molecule has 3 rings (SSSR count). The summed E-state index contributed by atoms with van der Waals surface area (Å²) in [6.45, 7) is 0. The molecule has 0 amide bonds. The van der Waals surface area contributed by atoms with Crippen molar-refractivity contribution < 1.29 is 9.66 Å². The van der Waals surface area contributed by atoms with Crippen LogP contribution in [0.3, 0.4) is 0 Å². The summed E-state index contributed by atoms with van der Waals surface area (Å²) in [5.74, 6) is 0.224. The van der Waals surface area contributed by atoms with Crippen molar-refractivity contribution in [2.75, 3.05) is 0 Å². The topological polar surface area (TPSA) is 65.3 Å². The van der Waals surface area contributed by atoms with E-state index in [2.05, 4.69) is 4.98 Å². The highest BCUT2D eigenvalue weighted by atomic mass is 35.5. The Labute approximate surface area is 164 Å². The van der Waals surface area contributed by atoms with Crippen LogP contribution in [0.1, 0.15) is 17.2 Å². The Kier molecular flexibility index (Phi) is 5.61. The lowest BCUT2D eigenvalue weighted by Crippen LogP contribution is -2.11. The number of ether oxygens (including phenoxy) is 1. The molecule has 0 radical (unpaired) electrons. The maximum atomic E-state index is 10.8. The van der Waals surface area contributed by atoms with Crippen LogP contribution in [0.25, 0.3) is 0 Å². The number of hydrogen-bond acceptors (Lipinski definition) is 4. The first kappa shape index (κ1) is 18.5. The molecule has 5 nitrogen and oxygen atoms in total. The van der Waals surface area contributed by atoms with Crippen molar-refractivity contribution in [1.29, 1.82) is 0 Å². The van der Waals surface area contributed by atoms with Crippen molar-refractivity contribution in [3.63, 3.8) is 0 Å². The van der Waals surface area contributed by atoms with Crippen LogP contribution in [0, 0.1) is 10.1 Å². The van der Waals surface area contributed by atoms with E-state index in [9.17, 15) is 10.1 Å². The fourth-order valence-electron chi connectivity index (χ4n) is 2.33. The van der Waals surface area contributed by atoms with Crippen LogP contribution in [-0.2, 0) is 0 Å². The van der Waals surface area contributed by atoms with Crippen LogP contribution < -0.4 is 4.74 Å². The first-order valence-electron chi connectivity index (χ1n) is 7.41. The summed E-state index contributed by atoms with van der Waals surface area (Å²) in [7, 11) is 0. The molecule has 1 aromatic heterocycles. The number of aromatic nitrogens is 1. The Morgan fingerprint density at radius 2 is 1.65 bits per heavy atom. The largest absolute Gasteiger partial charge is 0.464 e. The third-order valence-electron chi connectivity index (χ3n) is 3.59. The van der Waals surface area contributed by atoms with Crippen molar-refractivity contribution in [1.82, 2.24) is 4.98 Å². The minimum absolute atomic E-state index is 0.120. The number of rotatable bonds is 5. The SMILES string of the molecule is O=[N+]([O-])c1ccc(OC(c2ccc(Cl)cc2)c2ccc(Cl)cc2Cl)nc1. The highest BCUT2D eigenvalue weighted by Crippen LogP contribution is 2.34. The Morgan fingerprint density at radius 3 is 2.23 bits per heavy atom. The molecule has 0 aliphatic rings. The fraction of sp³-hybridized carbons (Fsp3) is 0.0556. The number of benzene rings is 2. The van der Waals surface area contributed by atoms with Crippen molar-refractivity contribution in [2.24, 2.45) is 0 Å². The second kappa shape index (κ2) is 7.91. The highest BCUT2D eigenvalue weighted by Gasteiger charge is 2.20. The second-order valence-electron chi connectivity index (χ2n) is 5.33. The third kappa shape index (κ3) is 4.25. The summed E-state index contributed by atoms with van der Waals surface area (Å²) >= 11 is 18.3. The Balaban J connectivity index is 1.99. The first-order valence-corrected chi connectivity index (χ1v) is 8.55. The quantitative estimate of drug-likeness (QED) is 0.376. The normalized spacial score (nSPS) is 11.8. The van der Waals surface area contributed by atoms with Crippen LogP contribution in [0.2, 0.25) is 15.1 Å². The zero-order valence-corrected chi connectivity index (χ0v) is 15.4. The van der Waals surface area contributed by atoms with E-state index < -0.39 is 11.0 Å². The van der Waals surface area contributed by atoms with Crippen LogP contribution in [0.4, 0.5) is 5.69 Å². The van der Waals surface area contributed by atoms with Gasteiger partial charge in [-0.1, -0.05) is 53.0 Å². The van der Waals surface area contributed by atoms with Gasteiger partial charge in [0.1, 0.15) is 6.20 Å². The lowest BCUT2D eigenvalue weighted by Gasteiger charge is -2.20. The van der Waals surface area contributed by atoms with E-state index in [1.807, 2.05) is 12.1 Å². The van der Waals surface area contributed by atoms with Gasteiger partial charge in [0.25, 0.3) is 5.69 Å². The molecule has 2 aromatic carbocycles. The summed E-state index contributed by atoms with van der Waals surface area (Å²) in [6, 6.07) is 14.9. The van der Waals surface area contributed by atoms with Crippen LogP contribution in [-0.4, -0.2) is 9.91 Å². The molecular formula is C18H11Cl3N2O3. The molecule has 1 atom stereocenters. The molecule has 0 aliphatic heterocycles. The predicted octanol–water partition coefficient (Wildman–Crippen LogP) is 6.12. The number of hydrogen-bond donors (Lipinski definition) is 0. The standard InChI is InChI=1S/C18H11Cl3N2O3/c19-12-3-1-11(2-4-12)18(15-7-5-13(20)9-16(15)21)26-17-8-6-14(10-22-17)23(24)25/h1-10,18H. The number of nitro groups is 1. The number of pyridine rings is 1. The van der Waals surface area contributed by atoms with E-state index in [-0.39, 0.29) is 11.6 Å². The van der Waals surface area contributed by atoms with Gasteiger partial charge in [0.2, 0.25) is 5.88 Å². The van der Waals surface area contributed by atoms with E-state index in [1.54, 1.807) is 30.3 Å². The molecule has 0 bridgehead atoms. The molecule has 132 valence electrons. The molecule has 1 unspecified atom stereocenters. The zero-order chi connectivity index (χ0) is 18.7. The summed E-state index contributed by atoms with van der Waals surface area (Å²) in [5, 5.41) is 12.3. The molecule has 0 fully saturated rings. The van der Waals surface area contributed by atoms with Gasteiger partial charge in [-0.2, -0.15) is 0 Å². The molecule has 0 aliphatic carbocycles. The molecule has 0 N–H and O–H groups in total. The van der Waals surface area contributed by atoms with E-state index in [1.165, 1.54) is 12.1 Å². The molecule has 3 aromatic rings. The van der Waals surface area contributed by atoms with Gasteiger partial charge in [-0.05, 0) is 29.8 Å². The summed E-state index contributed by atoms with van der Waals surface area (Å²) in [6.07, 6.45) is 0.545. The zero-order valence-electron chi connectivity index (χ0n) is 13.1. The predicted molar refractivity (Wildman–Crippen MR) is 101 cm³/mol. The van der Waals surface area contributed by atoms with Gasteiger partial charge >= 0.3 is 0 Å². The second-order valence-corrected chi connectivity index (χ2v) is 6.61. The van der Waals surface area contributed by atoms with Crippen molar-refractivity contribution in [3.05, 3.63) is 97.1 Å². The molecule has 1 heterocycles. The van der Waals surface area contributed by atoms with Crippen molar-refractivity contribution >= 4 is 40.5 Å². The van der Waals surface area contributed by atoms with Gasteiger partial charge in [-0.3, -0.25) is 10.1 Å². The van der Waals surface area contributed by atoms with Gasteiger partial charge in [-0.25, -0.2) is 4.98 Å². The number of nitrogens with zero attached hydrogens (tertiary/aromatic N) is 2. The van der Waals surface area contributed by atoms with Crippen LogP contribution >= 0.6 is 34.8 Å². The van der Waals surface area contributed by atoms with Gasteiger partial charge < -0.3 is 4.74 Å². The molecular weight excluding hydrogens is 399 g/mol. The monoisotopic (exact) mass is 408 g/mol. The van der Waals surface area contributed by atoms with Crippen LogP contribution in [0.15, 0.2) is 60.8 Å². The first-order chi connectivity index (χ1) is 12.4. The Morgan fingerprint density at radius 1 is 0.962 bits per heavy atom. The van der Waals surface area contributed by atoms with Gasteiger partial charge in [0, 0.05) is 32.8 Å². The number of halogens is 3. The third-order valence-corrected chi connectivity index (χ3v) is 4.40.